The summed E-state index contributed by atoms with van der Waals surface area (Å²) < 4.78 is 31.5. The molecule has 2 aliphatic heterocycles. The molecule has 9 heteroatoms. The van der Waals surface area contributed by atoms with Crippen molar-refractivity contribution in [2.75, 3.05) is 18.0 Å². The molecule has 3 aliphatic rings. The number of anilines is 1. The number of nitrogens with zero attached hydrogens (tertiary/aromatic N) is 2. The van der Waals surface area contributed by atoms with E-state index in [1.54, 1.807) is 24.3 Å². The van der Waals surface area contributed by atoms with Crippen molar-refractivity contribution in [3.8, 4) is 0 Å². The number of carboxylic acids is 2. The molecular formula is C44H49N2O6S+. The van der Waals surface area contributed by atoms with Crippen molar-refractivity contribution in [3.63, 3.8) is 0 Å². The van der Waals surface area contributed by atoms with Gasteiger partial charge in [-0.1, -0.05) is 80.6 Å². The fourth-order valence-corrected chi connectivity index (χ4v) is 9.96. The van der Waals surface area contributed by atoms with Crippen molar-refractivity contribution in [2.45, 2.75) is 88.4 Å². The number of aliphatic carboxylic acids is 2. The Morgan fingerprint density at radius 2 is 1.42 bits per heavy atom. The Hall–Kier alpha value is -5.02. The average molecular weight is 734 g/mol. The molecule has 3 aromatic rings. The number of sulfone groups is 1. The molecule has 1 aliphatic carbocycles. The maximum absolute atomic E-state index is 14.7. The van der Waals surface area contributed by atoms with Crippen molar-refractivity contribution in [1.82, 2.24) is 0 Å². The van der Waals surface area contributed by atoms with Crippen LogP contribution in [0.4, 0.5) is 11.4 Å². The zero-order chi connectivity index (χ0) is 38.0. The molecule has 276 valence electrons. The summed E-state index contributed by atoms with van der Waals surface area (Å²) in [6.45, 7) is 9.67. The van der Waals surface area contributed by atoms with Gasteiger partial charge >= 0.3 is 11.9 Å². The van der Waals surface area contributed by atoms with Gasteiger partial charge in [-0.05, 0) is 80.5 Å². The quantitative estimate of drug-likeness (QED) is 0.169. The summed E-state index contributed by atoms with van der Waals surface area (Å²) >= 11 is 0. The molecule has 8 nitrogen and oxygen atoms in total. The summed E-state index contributed by atoms with van der Waals surface area (Å²) in [6, 6.07) is 24.9. The minimum Gasteiger partial charge on any atom is -0.481 e. The number of para-hydroxylation sites is 2. The summed E-state index contributed by atoms with van der Waals surface area (Å²) in [5, 5.41) is 18.7. The van der Waals surface area contributed by atoms with Crippen molar-refractivity contribution >= 4 is 38.9 Å². The number of hydrogen-bond acceptors (Lipinski definition) is 5. The molecule has 0 atom stereocenters. The van der Waals surface area contributed by atoms with Crippen LogP contribution in [0, 0.1) is 0 Å². The second-order valence-electron chi connectivity index (χ2n) is 15.1. The first-order chi connectivity index (χ1) is 25.2. The third-order valence-corrected chi connectivity index (χ3v) is 12.8. The molecule has 0 unspecified atom stereocenters. The van der Waals surface area contributed by atoms with Crippen molar-refractivity contribution in [1.29, 1.82) is 0 Å². The lowest BCUT2D eigenvalue weighted by Gasteiger charge is -2.27. The molecule has 0 saturated heterocycles. The van der Waals surface area contributed by atoms with Crippen LogP contribution >= 0.6 is 0 Å². The van der Waals surface area contributed by atoms with E-state index in [-0.39, 0.29) is 28.6 Å². The van der Waals surface area contributed by atoms with E-state index in [1.165, 1.54) is 0 Å². The number of benzene rings is 3. The summed E-state index contributed by atoms with van der Waals surface area (Å²) in [5.41, 5.74) is 7.05. The standard InChI is InChI=1S/C44H48N2O6S/c1-43(2)34-19-8-10-21-36(34)45(29-13-23-40(47)48)38(43)27-25-31-15-12-16-32(42(31)53(51,52)33-17-6-5-7-18-33)26-28-39-44(3,4)35-20-9-11-22-37(35)46(39)30-14-24-41(49)50/h5-11,17-22,25-28H,12-16,23-24,29-30H2,1-4H3,(H-,47,48,49,50)/p+1. The maximum atomic E-state index is 14.7. The second-order valence-corrected chi connectivity index (χ2v) is 17.0. The molecule has 0 radical (unpaired) electrons. The highest BCUT2D eigenvalue weighted by Crippen LogP contribution is 2.48. The smallest absolute Gasteiger partial charge is 0.303 e. The predicted molar refractivity (Wildman–Crippen MR) is 210 cm³/mol. The first-order valence-electron chi connectivity index (χ1n) is 18.4. The Morgan fingerprint density at radius 3 is 2.13 bits per heavy atom. The molecular weight excluding hydrogens is 685 g/mol. The number of carbonyl (C=O) groups is 2. The molecule has 0 aromatic heterocycles. The minimum absolute atomic E-state index is 0.0588. The average Bonchev–Trinajstić information content (AvgIpc) is 3.48. The molecule has 53 heavy (non-hydrogen) atoms. The monoisotopic (exact) mass is 733 g/mol. The van der Waals surface area contributed by atoms with Gasteiger partial charge in [0, 0.05) is 53.9 Å². The van der Waals surface area contributed by atoms with Crippen LogP contribution in [0.3, 0.4) is 0 Å². The van der Waals surface area contributed by atoms with E-state index in [1.807, 2.05) is 54.6 Å². The van der Waals surface area contributed by atoms with Gasteiger partial charge < -0.3 is 15.1 Å². The fourth-order valence-electron chi connectivity index (χ4n) is 8.18. The van der Waals surface area contributed by atoms with E-state index in [2.05, 4.69) is 61.4 Å². The molecule has 2 N–H and O–H groups in total. The van der Waals surface area contributed by atoms with Gasteiger partial charge in [0.2, 0.25) is 15.5 Å². The van der Waals surface area contributed by atoms with E-state index in [4.69, 9.17) is 0 Å². The number of fused-ring (bicyclic) bond motifs is 2. The van der Waals surface area contributed by atoms with Gasteiger partial charge in [0.25, 0.3) is 0 Å². The highest BCUT2D eigenvalue weighted by atomic mass is 32.2. The highest BCUT2D eigenvalue weighted by Gasteiger charge is 2.44. The first-order valence-corrected chi connectivity index (χ1v) is 19.9. The normalized spacial score (nSPS) is 19.4. The lowest BCUT2D eigenvalue weighted by molar-refractivity contribution is -0.438. The lowest BCUT2D eigenvalue weighted by atomic mass is 9.81. The molecule has 3 aromatic carbocycles. The van der Waals surface area contributed by atoms with Crippen molar-refractivity contribution in [3.05, 3.63) is 136 Å². The molecule has 2 heterocycles. The van der Waals surface area contributed by atoms with Crippen LogP contribution < -0.4 is 4.90 Å². The van der Waals surface area contributed by atoms with Crippen LogP contribution in [0.2, 0.25) is 0 Å². The summed E-state index contributed by atoms with van der Waals surface area (Å²) in [4.78, 5) is 25.6. The SMILES string of the molecule is CC1(C)C(/C=C/C2=C(S(=O)(=O)c3ccccc3)C(=C/C=C3/N(CCCC(=O)O)c4ccccc4C3(C)C)/CCC2)=[N+](CCCC(=O)O)c2ccccc21. The number of allylic oxidation sites excluding steroid dienone is 7. The van der Waals surface area contributed by atoms with Gasteiger partial charge in [0.05, 0.1) is 21.6 Å². The van der Waals surface area contributed by atoms with E-state index in [0.717, 1.165) is 51.5 Å². The second kappa shape index (κ2) is 15.1. The maximum Gasteiger partial charge on any atom is 0.303 e. The Labute approximate surface area is 313 Å². The molecule has 6 rings (SSSR count). The van der Waals surface area contributed by atoms with Crippen LogP contribution in [0.15, 0.2) is 130 Å². The van der Waals surface area contributed by atoms with Gasteiger partial charge in [-0.2, -0.15) is 4.58 Å². The van der Waals surface area contributed by atoms with Gasteiger partial charge in [0.1, 0.15) is 6.54 Å². The summed E-state index contributed by atoms with van der Waals surface area (Å²) in [6.07, 6.45) is 11.0. The number of hydrogen-bond donors (Lipinski definition) is 2. The van der Waals surface area contributed by atoms with Crippen LogP contribution in [0.1, 0.15) is 83.8 Å². The van der Waals surface area contributed by atoms with Crippen LogP contribution in [0.5, 0.6) is 0 Å². The zero-order valence-electron chi connectivity index (χ0n) is 31.0. The van der Waals surface area contributed by atoms with Gasteiger partial charge in [-0.3, -0.25) is 9.59 Å². The Kier molecular flexibility index (Phi) is 10.8. The van der Waals surface area contributed by atoms with Gasteiger partial charge in [-0.15, -0.1) is 0 Å². The third-order valence-electron chi connectivity index (χ3n) is 10.8. The van der Waals surface area contributed by atoms with Crippen LogP contribution in [0.25, 0.3) is 0 Å². The van der Waals surface area contributed by atoms with Crippen molar-refractivity contribution < 1.29 is 32.8 Å². The topological polar surface area (TPSA) is 115 Å². The Bertz CT molecular complexity index is 2190. The molecule has 0 bridgehead atoms. The summed E-state index contributed by atoms with van der Waals surface area (Å²) in [7, 11) is -3.93. The number of carboxylic acid groups (broad SMARTS) is 2. The molecule has 0 fully saturated rings. The first kappa shape index (κ1) is 37.7. The predicted octanol–water partition coefficient (Wildman–Crippen LogP) is 8.87. The van der Waals surface area contributed by atoms with Crippen LogP contribution in [-0.2, 0) is 30.3 Å². The summed E-state index contributed by atoms with van der Waals surface area (Å²) in [5.74, 6) is -1.67. The van der Waals surface area contributed by atoms with Crippen molar-refractivity contribution in [2.24, 2.45) is 0 Å². The van der Waals surface area contributed by atoms with Crippen LogP contribution in [-0.4, -0.2) is 53.9 Å². The molecule has 0 saturated carbocycles. The molecule has 0 amide bonds. The Balaban J connectivity index is 1.48. The fraction of sp³-hybridized carbons (Fsp3) is 0.341. The van der Waals surface area contributed by atoms with Gasteiger partial charge in [-0.25, -0.2) is 8.42 Å². The minimum atomic E-state index is -3.93. The largest absolute Gasteiger partial charge is 0.481 e. The van der Waals surface area contributed by atoms with E-state index in [9.17, 15) is 28.2 Å². The van der Waals surface area contributed by atoms with Gasteiger partial charge in [0.15, 0.2) is 5.71 Å². The Morgan fingerprint density at radius 1 is 0.774 bits per heavy atom. The van der Waals surface area contributed by atoms with E-state index in [0.29, 0.717) is 43.7 Å². The van der Waals surface area contributed by atoms with E-state index < -0.39 is 21.8 Å². The van der Waals surface area contributed by atoms with E-state index >= 15 is 0 Å². The number of rotatable bonds is 13. The lowest BCUT2D eigenvalue weighted by Crippen LogP contribution is -2.28. The molecule has 0 spiro atoms. The highest BCUT2D eigenvalue weighted by molar-refractivity contribution is 7.95. The third kappa shape index (κ3) is 7.45. The zero-order valence-corrected chi connectivity index (χ0v) is 31.8.